The first-order chi connectivity index (χ1) is 12.3. The van der Waals surface area contributed by atoms with Crippen molar-refractivity contribution in [3.05, 3.63) is 58.1 Å². The minimum Gasteiger partial charge on any atom is -0.484 e. The van der Waals surface area contributed by atoms with Crippen molar-refractivity contribution < 1.29 is 19.1 Å². The lowest BCUT2D eigenvalue weighted by Crippen LogP contribution is -2.48. The number of hydrogen-bond acceptors (Lipinski definition) is 4. The number of hydrogen-bond donors (Lipinski definition) is 2. The zero-order valence-corrected chi connectivity index (χ0v) is 16.4. The van der Waals surface area contributed by atoms with Crippen molar-refractivity contribution in [3.8, 4) is 11.5 Å². The van der Waals surface area contributed by atoms with E-state index in [1.54, 1.807) is 37.3 Å². The number of halogens is 1. The highest BCUT2D eigenvalue weighted by Gasteiger charge is 2.15. The predicted octanol–water partition coefficient (Wildman–Crippen LogP) is 3.06. The minimum atomic E-state index is -0.759. The molecule has 7 heteroatoms. The number of hydrazine groups is 1. The van der Waals surface area contributed by atoms with Crippen LogP contribution in [0, 0.1) is 13.8 Å². The standard InChI is InChI=1S/C19H21BrN2O4/c1-12-4-7-17(10-13(12)2)26-14(3)19(24)22-21-18(23)11-25-16-8-5-15(20)6-9-16/h4-10,14H,11H2,1-3H3,(H,21,23)(H,22,24). The van der Waals surface area contributed by atoms with Crippen LogP contribution in [0.2, 0.25) is 0 Å². The number of benzene rings is 2. The number of carbonyl (C=O) groups is 2. The molecule has 0 saturated heterocycles. The third kappa shape index (κ3) is 6.07. The smallest absolute Gasteiger partial charge is 0.279 e. The van der Waals surface area contributed by atoms with Crippen LogP contribution < -0.4 is 20.3 Å². The molecular formula is C19H21BrN2O4. The summed E-state index contributed by atoms with van der Waals surface area (Å²) in [7, 11) is 0. The molecule has 2 amide bonds. The molecule has 0 fully saturated rings. The molecule has 0 aromatic heterocycles. The van der Waals surface area contributed by atoms with Crippen LogP contribution in [-0.4, -0.2) is 24.5 Å². The summed E-state index contributed by atoms with van der Waals surface area (Å²) in [6.45, 7) is 5.36. The zero-order chi connectivity index (χ0) is 19.1. The average Bonchev–Trinajstić information content (AvgIpc) is 2.62. The molecule has 0 aliphatic heterocycles. The first-order valence-corrected chi connectivity index (χ1v) is 8.85. The van der Waals surface area contributed by atoms with Crippen LogP contribution in [0.1, 0.15) is 18.1 Å². The van der Waals surface area contributed by atoms with Gasteiger partial charge in [-0.3, -0.25) is 20.4 Å². The molecule has 0 heterocycles. The molecule has 2 rings (SSSR count). The number of nitrogens with one attached hydrogen (secondary N) is 2. The minimum absolute atomic E-state index is 0.214. The Balaban J connectivity index is 1.75. The van der Waals surface area contributed by atoms with Crippen LogP contribution in [0.25, 0.3) is 0 Å². The molecule has 138 valence electrons. The topological polar surface area (TPSA) is 76.7 Å². The molecule has 0 aliphatic rings. The second-order valence-corrected chi connectivity index (χ2v) is 6.70. The van der Waals surface area contributed by atoms with E-state index in [2.05, 4.69) is 26.8 Å². The van der Waals surface area contributed by atoms with Gasteiger partial charge >= 0.3 is 0 Å². The number of amides is 2. The van der Waals surface area contributed by atoms with Crippen LogP contribution in [0.4, 0.5) is 0 Å². The molecule has 1 atom stereocenters. The molecule has 6 nitrogen and oxygen atoms in total. The predicted molar refractivity (Wildman–Crippen MR) is 102 cm³/mol. The molecule has 0 bridgehead atoms. The van der Waals surface area contributed by atoms with Gasteiger partial charge in [0.1, 0.15) is 11.5 Å². The van der Waals surface area contributed by atoms with E-state index in [1.165, 1.54) is 0 Å². The van der Waals surface area contributed by atoms with E-state index in [1.807, 2.05) is 26.0 Å². The fourth-order valence-corrected chi connectivity index (χ4v) is 2.26. The Bertz CT molecular complexity index is 778. The maximum absolute atomic E-state index is 12.0. The summed E-state index contributed by atoms with van der Waals surface area (Å²) in [6, 6.07) is 12.7. The normalized spacial score (nSPS) is 11.4. The van der Waals surface area contributed by atoms with Gasteiger partial charge < -0.3 is 9.47 Å². The summed E-state index contributed by atoms with van der Waals surface area (Å²) in [6.07, 6.45) is -0.759. The first-order valence-electron chi connectivity index (χ1n) is 8.06. The highest BCUT2D eigenvalue weighted by atomic mass is 79.9. The third-order valence-electron chi connectivity index (χ3n) is 3.67. The summed E-state index contributed by atoms with van der Waals surface area (Å²) < 4.78 is 11.8. The summed E-state index contributed by atoms with van der Waals surface area (Å²) in [5.74, 6) is 0.224. The molecule has 2 N–H and O–H groups in total. The largest absolute Gasteiger partial charge is 0.484 e. The molecular weight excluding hydrogens is 400 g/mol. The highest BCUT2D eigenvalue weighted by Crippen LogP contribution is 2.18. The zero-order valence-electron chi connectivity index (χ0n) is 14.8. The monoisotopic (exact) mass is 420 g/mol. The van der Waals surface area contributed by atoms with Crippen LogP contribution in [-0.2, 0) is 9.59 Å². The highest BCUT2D eigenvalue weighted by molar-refractivity contribution is 9.10. The van der Waals surface area contributed by atoms with Gasteiger partial charge in [-0.05, 0) is 68.3 Å². The van der Waals surface area contributed by atoms with Gasteiger partial charge in [0.25, 0.3) is 11.8 Å². The van der Waals surface area contributed by atoms with Gasteiger partial charge in [0, 0.05) is 4.47 Å². The van der Waals surface area contributed by atoms with Gasteiger partial charge in [0.15, 0.2) is 12.7 Å². The van der Waals surface area contributed by atoms with E-state index in [9.17, 15) is 9.59 Å². The Morgan fingerprint density at radius 2 is 1.65 bits per heavy atom. The molecule has 1 unspecified atom stereocenters. The van der Waals surface area contributed by atoms with E-state index in [0.717, 1.165) is 15.6 Å². The molecule has 0 spiro atoms. The lowest BCUT2D eigenvalue weighted by molar-refractivity contribution is -0.133. The van der Waals surface area contributed by atoms with Gasteiger partial charge in [0.2, 0.25) is 0 Å². The van der Waals surface area contributed by atoms with E-state index in [4.69, 9.17) is 9.47 Å². The van der Waals surface area contributed by atoms with Crippen LogP contribution in [0.5, 0.6) is 11.5 Å². The molecule has 26 heavy (non-hydrogen) atoms. The molecule has 2 aromatic carbocycles. The Labute approximate surface area is 161 Å². The quantitative estimate of drug-likeness (QED) is 0.703. The maximum atomic E-state index is 12.0. The number of rotatable bonds is 6. The summed E-state index contributed by atoms with van der Waals surface area (Å²) >= 11 is 3.32. The van der Waals surface area contributed by atoms with Crippen LogP contribution in [0.3, 0.4) is 0 Å². The van der Waals surface area contributed by atoms with E-state index in [0.29, 0.717) is 11.5 Å². The van der Waals surface area contributed by atoms with Gasteiger partial charge in [0.05, 0.1) is 0 Å². The van der Waals surface area contributed by atoms with E-state index < -0.39 is 17.9 Å². The Kier molecular flexibility index (Phi) is 7.03. The van der Waals surface area contributed by atoms with Gasteiger partial charge in [-0.15, -0.1) is 0 Å². The number of ether oxygens (including phenoxy) is 2. The van der Waals surface area contributed by atoms with Gasteiger partial charge in [-0.2, -0.15) is 0 Å². The number of aryl methyl sites for hydroxylation is 2. The second-order valence-electron chi connectivity index (χ2n) is 5.79. The Morgan fingerprint density at radius 1 is 1.00 bits per heavy atom. The fraction of sp³-hybridized carbons (Fsp3) is 0.263. The second kappa shape index (κ2) is 9.24. The Hall–Kier alpha value is -2.54. The summed E-state index contributed by atoms with van der Waals surface area (Å²) in [5, 5.41) is 0. The van der Waals surface area contributed by atoms with Crippen molar-refractivity contribution in [3.63, 3.8) is 0 Å². The molecule has 0 aliphatic carbocycles. The van der Waals surface area contributed by atoms with Gasteiger partial charge in [-0.1, -0.05) is 22.0 Å². The summed E-state index contributed by atoms with van der Waals surface area (Å²) in [4.78, 5) is 23.8. The Morgan fingerprint density at radius 3 is 2.31 bits per heavy atom. The van der Waals surface area contributed by atoms with Gasteiger partial charge in [-0.25, -0.2) is 0 Å². The lowest BCUT2D eigenvalue weighted by Gasteiger charge is -2.16. The SMILES string of the molecule is Cc1ccc(OC(C)C(=O)NNC(=O)COc2ccc(Br)cc2)cc1C. The first kappa shape index (κ1) is 19.8. The van der Waals surface area contributed by atoms with Crippen molar-refractivity contribution in [1.82, 2.24) is 10.9 Å². The fourth-order valence-electron chi connectivity index (χ4n) is 1.99. The van der Waals surface area contributed by atoms with Crippen LogP contribution >= 0.6 is 15.9 Å². The molecule has 2 aromatic rings. The van der Waals surface area contributed by atoms with Crippen LogP contribution in [0.15, 0.2) is 46.9 Å². The van der Waals surface area contributed by atoms with Crippen molar-refractivity contribution in [2.24, 2.45) is 0 Å². The van der Waals surface area contributed by atoms with Crippen molar-refractivity contribution in [1.29, 1.82) is 0 Å². The van der Waals surface area contributed by atoms with Crippen molar-refractivity contribution in [2.45, 2.75) is 26.9 Å². The number of carbonyl (C=O) groups excluding carboxylic acids is 2. The molecule has 0 radical (unpaired) electrons. The van der Waals surface area contributed by atoms with Crippen molar-refractivity contribution in [2.75, 3.05) is 6.61 Å². The molecule has 0 saturated carbocycles. The lowest BCUT2D eigenvalue weighted by atomic mass is 10.1. The summed E-state index contributed by atoms with van der Waals surface area (Å²) in [5.41, 5.74) is 6.84. The maximum Gasteiger partial charge on any atom is 0.279 e. The van der Waals surface area contributed by atoms with E-state index >= 15 is 0 Å². The average molecular weight is 421 g/mol. The van der Waals surface area contributed by atoms with E-state index in [-0.39, 0.29) is 6.61 Å². The van der Waals surface area contributed by atoms with Crippen molar-refractivity contribution >= 4 is 27.7 Å². The third-order valence-corrected chi connectivity index (χ3v) is 4.20.